The minimum atomic E-state index is -0.715. The predicted molar refractivity (Wildman–Crippen MR) is 112 cm³/mol. The van der Waals surface area contributed by atoms with Gasteiger partial charge in [-0.2, -0.15) is 0 Å². The molecule has 1 saturated heterocycles. The second kappa shape index (κ2) is 8.96. The van der Waals surface area contributed by atoms with Crippen molar-refractivity contribution < 1.29 is 28.5 Å². The number of ether oxygens (including phenoxy) is 4. The predicted octanol–water partition coefficient (Wildman–Crippen LogP) is 4.60. The lowest BCUT2D eigenvalue weighted by Crippen LogP contribution is -2.41. The molecule has 0 aromatic carbocycles. The van der Waals surface area contributed by atoms with Crippen molar-refractivity contribution >= 4 is 11.9 Å². The summed E-state index contributed by atoms with van der Waals surface area (Å²) in [6.07, 6.45) is 6.74. The Hall–Kier alpha value is -2.08. The standard InChI is InChI=1S/C24H34O6/c1-14(2)7-9-20(28-16(4)25)19-13-27-23(29-17(5)26)22-15(3)8-10-21-24(6,30-21)12-11-18(19)22/h7,13,18,20-23H,3,8-12H2,1-2,4-6H3/t18?,20?,21?,22?,23-,24?/m1/s1. The Balaban J connectivity index is 1.96. The molecule has 5 unspecified atom stereocenters. The highest BCUT2D eigenvalue weighted by Gasteiger charge is 2.54. The fraction of sp³-hybridized carbons (Fsp3) is 0.667. The van der Waals surface area contributed by atoms with E-state index in [1.807, 2.05) is 13.8 Å². The van der Waals surface area contributed by atoms with Gasteiger partial charge < -0.3 is 18.9 Å². The molecule has 6 nitrogen and oxygen atoms in total. The van der Waals surface area contributed by atoms with E-state index in [0.717, 1.165) is 42.4 Å². The van der Waals surface area contributed by atoms with Crippen LogP contribution in [-0.4, -0.2) is 36.0 Å². The van der Waals surface area contributed by atoms with Gasteiger partial charge in [0.1, 0.15) is 6.10 Å². The second-order valence-corrected chi connectivity index (χ2v) is 9.13. The van der Waals surface area contributed by atoms with Gasteiger partial charge >= 0.3 is 11.9 Å². The number of carbonyl (C=O) groups excluding carboxylic acids is 2. The molecule has 1 aliphatic carbocycles. The van der Waals surface area contributed by atoms with Crippen molar-refractivity contribution in [1.82, 2.24) is 0 Å². The average Bonchev–Trinajstić information content (AvgIpc) is 3.29. The molecular weight excluding hydrogens is 384 g/mol. The highest BCUT2D eigenvalue weighted by molar-refractivity contribution is 5.67. The summed E-state index contributed by atoms with van der Waals surface area (Å²) < 4.78 is 23.1. The Kier molecular flexibility index (Phi) is 6.75. The maximum absolute atomic E-state index is 11.8. The van der Waals surface area contributed by atoms with Gasteiger partial charge in [-0.05, 0) is 46.5 Å². The lowest BCUT2D eigenvalue weighted by atomic mass is 9.74. The van der Waals surface area contributed by atoms with Gasteiger partial charge in [-0.25, -0.2) is 0 Å². The second-order valence-electron chi connectivity index (χ2n) is 9.13. The number of allylic oxidation sites excluding steroid dienone is 1. The summed E-state index contributed by atoms with van der Waals surface area (Å²) in [6.45, 7) is 13.3. The monoisotopic (exact) mass is 418 g/mol. The van der Waals surface area contributed by atoms with E-state index < -0.39 is 12.4 Å². The van der Waals surface area contributed by atoms with Gasteiger partial charge in [-0.15, -0.1) is 0 Å². The molecule has 2 fully saturated rings. The van der Waals surface area contributed by atoms with Gasteiger partial charge in [0.25, 0.3) is 0 Å². The van der Waals surface area contributed by atoms with Crippen LogP contribution in [0, 0.1) is 11.8 Å². The van der Waals surface area contributed by atoms with Crippen LogP contribution in [0.25, 0.3) is 0 Å². The van der Waals surface area contributed by atoms with Crippen LogP contribution >= 0.6 is 0 Å². The number of fused-ring (bicyclic) bond motifs is 2. The van der Waals surface area contributed by atoms with Gasteiger partial charge in [-0.1, -0.05) is 23.8 Å². The van der Waals surface area contributed by atoms with Crippen molar-refractivity contribution in [2.45, 2.75) is 90.8 Å². The first kappa shape index (κ1) is 22.6. The van der Waals surface area contributed by atoms with E-state index in [-0.39, 0.29) is 35.5 Å². The molecule has 0 bridgehead atoms. The number of hydrogen-bond donors (Lipinski definition) is 0. The SMILES string of the molecule is C=C1CCC2OC2(C)CCC2C(C(CC=C(C)C)OC(C)=O)=CO[C@H](OC(C)=O)C12. The van der Waals surface area contributed by atoms with Gasteiger partial charge in [0, 0.05) is 31.8 Å². The molecule has 0 spiro atoms. The molecule has 0 aromatic heterocycles. The minimum absolute atomic E-state index is 0.00899. The molecule has 1 saturated carbocycles. The first-order chi connectivity index (χ1) is 14.1. The maximum Gasteiger partial charge on any atom is 0.305 e. The largest absolute Gasteiger partial charge is 0.462 e. The molecular formula is C24H34O6. The molecule has 0 amide bonds. The van der Waals surface area contributed by atoms with Crippen LogP contribution in [0.2, 0.25) is 0 Å². The number of hydrogen-bond acceptors (Lipinski definition) is 6. The minimum Gasteiger partial charge on any atom is -0.462 e. The molecule has 2 aliphatic heterocycles. The van der Waals surface area contributed by atoms with Crippen LogP contribution in [0.15, 0.2) is 35.6 Å². The molecule has 0 radical (unpaired) electrons. The first-order valence-corrected chi connectivity index (χ1v) is 10.8. The van der Waals surface area contributed by atoms with Crippen LogP contribution in [0.3, 0.4) is 0 Å². The molecule has 6 atom stereocenters. The molecule has 166 valence electrons. The number of esters is 2. The van der Waals surface area contributed by atoms with Crippen molar-refractivity contribution in [2.24, 2.45) is 11.8 Å². The average molecular weight is 419 g/mol. The van der Waals surface area contributed by atoms with Gasteiger partial charge in [0.05, 0.1) is 23.9 Å². The van der Waals surface area contributed by atoms with E-state index >= 15 is 0 Å². The molecule has 30 heavy (non-hydrogen) atoms. The van der Waals surface area contributed by atoms with Crippen molar-refractivity contribution in [2.75, 3.05) is 0 Å². The summed E-state index contributed by atoms with van der Waals surface area (Å²) in [7, 11) is 0. The van der Waals surface area contributed by atoms with E-state index in [0.29, 0.717) is 6.42 Å². The van der Waals surface area contributed by atoms with E-state index in [4.69, 9.17) is 18.9 Å². The van der Waals surface area contributed by atoms with Crippen molar-refractivity contribution in [3.05, 3.63) is 35.6 Å². The van der Waals surface area contributed by atoms with Gasteiger partial charge in [-0.3, -0.25) is 9.59 Å². The molecule has 6 heteroatoms. The third-order valence-corrected chi connectivity index (χ3v) is 6.38. The molecule has 0 N–H and O–H groups in total. The summed E-state index contributed by atoms with van der Waals surface area (Å²) >= 11 is 0. The topological polar surface area (TPSA) is 74.4 Å². The lowest BCUT2D eigenvalue weighted by molar-refractivity contribution is -0.181. The van der Waals surface area contributed by atoms with E-state index in [9.17, 15) is 9.59 Å². The van der Waals surface area contributed by atoms with Crippen molar-refractivity contribution in [3.63, 3.8) is 0 Å². The third-order valence-electron chi connectivity index (χ3n) is 6.38. The normalized spacial score (nSPS) is 33.8. The van der Waals surface area contributed by atoms with Crippen LogP contribution in [0.4, 0.5) is 0 Å². The van der Waals surface area contributed by atoms with Crippen LogP contribution < -0.4 is 0 Å². The quantitative estimate of drug-likeness (QED) is 0.369. The summed E-state index contributed by atoms with van der Waals surface area (Å²) in [5.41, 5.74) is 2.94. The zero-order valence-electron chi connectivity index (χ0n) is 18.7. The van der Waals surface area contributed by atoms with Crippen molar-refractivity contribution in [1.29, 1.82) is 0 Å². The van der Waals surface area contributed by atoms with Crippen LogP contribution in [0.1, 0.15) is 66.7 Å². The van der Waals surface area contributed by atoms with Crippen LogP contribution in [-0.2, 0) is 28.5 Å². The fourth-order valence-corrected chi connectivity index (χ4v) is 4.71. The Morgan fingerprint density at radius 3 is 2.63 bits per heavy atom. The number of rotatable bonds is 5. The Labute approximate surface area is 179 Å². The number of epoxide rings is 1. The Morgan fingerprint density at radius 1 is 1.27 bits per heavy atom. The fourth-order valence-electron chi connectivity index (χ4n) is 4.71. The number of carbonyl (C=O) groups is 2. The maximum atomic E-state index is 11.8. The Morgan fingerprint density at radius 2 is 2.00 bits per heavy atom. The first-order valence-electron chi connectivity index (χ1n) is 10.8. The molecule has 3 aliphatic rings. The summed E-state index contributed by atoms with van der Waals surface area (Å²) in [4.78, 5) is 23.6. The summed E-state index contributed by atoms with van der Waals surface area (Å²) in [5, 5.41) is 0. The molecule has 2 heterocycles. The highest BCUT2D eigenvalue weighted by atomic mass is 16.7. The third kappa shape index (κ3) is 5.15. The lowest BCUT2D eigenvalue weighted by Gasteiger charge is -2.40. The van der Waals surface area contributed by atoms with Gasteiger partial charge in [0.2, 0.25) is 6.29 Å². The summed E-state index contributed by atoms with van der Waals surface area (Å²) in [6, 6.07) is 0. The van der Waals surface area contributed by atoms with E-state index in [2.05, 4.69) is 19.6 Å². The zero-order valence-corrected chi connectivity index (χ0v) is 18.7. The zero-order chi connectivity index (χ0) is 22.1. The Bertz CT molecular complexity index is 762. The van der Waals surface area contributed by atoms with E-state index in [1.54, 1.807) is 6.26 Å². The summed E-state index contributed by atoms with van der Waals surface area (Å²) in [5.74, 6) is -0.909. The van der Waals surface area contributed by atoms with Gasteiger partial charge in [0.15, 0.2) is 0 Å². The smallest absolute Gasteiger partial charge is 0.305 e. The van der Waals surface area contributed by atoms with Crippen molar-refractivity contribution in [3.8, 4) is 0 Å². The molecule has 0 aromatic rings. The van der Waals surface area contributed by atoms with Crippen LogP contribution in [0.5, 0.6) is 0 Å². The molecule has 3 rings (SSSR count). The van der Waals surface area contributed by atoms with E-state index in [1.165, 1.54) is 13.8 Å². The highest BCUT2D eigenvalue weighted by Crippen LogP contribution is 2.50.